The first kappa shape index (κ1) is 8.45. The smallest absolute Gasteiger partial charge is 0.180 e. The van der Waals surface area contributed by atoms with Crippen molar-refractivity contribution in [2.45, 2.75) is 13.5 Å². The van der Waals surface area contributed by atoms with Crippen LogP contribution in [0, 0.1) is 0 Å². The Morgan fingerprint density at radius 1 is 1.64 bits per heavy atom. The van der Waals surface area contributed by atoms with E-state index in [0.29, 0.717) is 18.3 Å². The second-order valence-corrected chi connectivity index (χ2v) is 2.74. The van der Waals surface area contributed by atoms with Crippen LogP contribution in [0.5, 0.6) is 0 Å². The van der Waals surface area contributed by atoms with Gasteiger partial charge in [0.25, 0.3) is 0 Å². The molecule has 0 aliphatic rings. The van der Waals surface area contributed by atoms with Crippen LogP contribution in [0.25, 0.3) is 0 Å². The average molecular weight is 174 g/mol. The third-order valence-electron chi connectivity index (χ3n) is 0.978. The second kappa shape index (κ2) is 4.27. The lowest BCUT2D eigenvalue weighted by molar-refractivity contribution is -0.301. The summed E-state index contributed by atoms with van der Waals surface area (Å²) in [6.07, 6.45) is 0. The molecule has 11 heavy (non-hydrogen) atoms. The fraction of sp³-hybridized carbons (Fsp3) is 0.500. The molecule has 1 aromatic rings. The molecule has 4 nitrogen and oxygen atoms in total. The summed E-state index contributed by atoms with van der Waals surface area (Å²) in [6.45, 7) is 2.76. The summed E-state index contributed by atoms with van der Waals surface area (Å²) in [5.41, 5.74) is 6.20. The molecule has 0 saturated heterocycles. The molecule has 0 aliphatic carbocycles. The molecule has 0 saturated carbocycles. The van der Waals surface area contributed by atoms with Gasteiger partial charge in [0.05, 0.1) is 12.3 Å². The summed E-state index contributed by atoms with van der Waals surface area (Å²) >= 11 is 1.39. The van der Waals surface area contributed by atoms with Gasteiger partial charge in [0.1, 0.15) is 6.61 Å². The number of aromatic nitrogens is 1. The van der Waals surface area contributed by atoms with Crippen LogP contribution >= 0.6 is 11.3 Å². The molecule has 1 rings (SSSR count). The van der Waals surface area contributed by atoms with Crippen LogP contribution < -0.4 is 5.73 Å². The molecule has 1 heterocycles. The van der Waals surface area contributed by atoms with E-state index in [2.05, 4.69) is 9.87 Å². The summed E-state index contributed by atoms with van der Waals surface area (Å²) < 4.78 is 0. The van der Waals surface area contributed by atoms with Crippen molar-refractivity contribution in [1.29, 1.82) is 0 Å². The predicted octanol–water partition coefficient (Wildman–Crippen LogP) is 1.19. The molecule has 0 amide bonds. The van der Waals surface area contributed by atoms with Crippen molar-refractivity contribution in [3.63, 3.8) is 0 Å². The Morgan fingerprint density at radius 2 is 2.45 bits per heavy atom. The van der Waals surface area contributed by atoms with Gasteiger partial charge in [0.15, 0.2) is 5.13 Å². The standard InChI is InChI=1S/C6H10N2O2S/c1-2-9-10-3-5-4-11-6(7)8-5/h4H,2-3H2,1H3,(H2,7,8). The van der Waals surface area contributed by atoms with Gasteiger partial charge in [-0.25, -0.2) is 14.8 Å². The molecular weight excluding hydrogens is 164 g/mol. The highest BCUT2D eigenvalue weighted by atomic mass is 32.1. The Labute approximate surface area is 68.9 Å². The summed E-state index contributed by atoms with van der Waals surface area (Å²) in [5, 5.41) is 2.40. The van der Waals surface area contributed by atoms with Crippen LogP contribution in [-0.2, 0) is 16.4 Å². The first-order valence-corrected chi connectivity index (χ1v) is 4.15. The van der Waals surface area contributed by atoms with Gasteiger partial charge in [-0.2, -0.15) is 0 Å². The van der Waals surface area contributed by atoms with Crippen LogP contribution in [0.1, 0.15) is 12.6 Å². The zero-order valence-corrected chi connectivity index (χ0v) is 7.06. The van der Waals surface area contributed by atoms with Crippen LogP contribution in [-0.4, -0.2) is 11.6 Å². The van der Waals surface area contributed by atoms with Gasteiger partial charge in [0, 0.05) is 5.38 Å². The van der Waals surface area contributed by atoms with E-state index >= 15 is 0 Å². The van der Waals surface area contributed by atoms with Gasteiger partial charge in [-0.15, -0.1) is 11.3 Å². The Bertz CT molecular complexity index is 214. The highest BCUT2D eigenvalue weighted by Crippen LogP contribution is 2.11. The van der Waals surface area contributed by atoms with Crippen molar-refractivity contribution in [3.8, 4) is 0 Å². The van der Waals surface area contributed by atoms with Gasteiger partial charge in [-0.1, -0.05) is 0 Å². The van der Waals surface area contributed by atoms with E-state index in [0.717, 1.165) is 5.69 Å². The summed E-state index contributed by atoms with van der Waals surface area (Å²) in [6, 6.07) is 0. The lowest BCUT2D eigenvalue weighted by Crippen LogP contribution is -1.95. The monoisotopic (exact) mass is 174 g/mol. The molecule has 0 unspecified atom stereocenters. The molecular formula is C6H10N2O2S. The minimum atomic E-state index is 0.363. The molecule has 0 spiro atoms. The van der Waals surface area contributed by atoms with Crippen LogP contribution in [0.4, 0.5) is 5.13 Å². The molecule has 0 aliphatic heterocycles. The molecule has 62 valence electrons. The highest BCUT2D eigenvalue weighted by molar-refractivity contribution is 7.13. The normalized spacial score (nSPS) is 10.3. The maximum absolute atomic E-state index is 5.39. The number of hydrogen-bond acceptors (Lipinski definition) is 5. The van der Waals surface area contributed by atoms with Crippen LogP contribution in [0.15, 0.2) is 5.38 Å². The lowest BCUT2D eigenvalue weighted by Gasteiger charge is -1.96. The maximum Gasteiger partial charge on any atom is 0.180 e. The first-order chi connectivity index (χ1) is 5.33. The Balaban J connectivity index is 2.27. The fourth-order valence-corrected chi connectivity index (χ4v) is 1.12. The molecule has 5 heteroatoms. The van der Waals surface area contributed by atoms with E-state index in [1.165, 1.54) is 11.3 Å². The average Bonchev–Trinajstić information content (AvgIpc) is 2.37. The van der Waals surface area contributed by atoms with E-state index in [4.69, 9.17) is 10.6 Å². The number of thiazole rings is 1. The van der Waals surface area contributed by atoms with Gasteiger partial charge in [-0.3, -0.25) is 0 Å². The van der Waals surface area contributed by atoms with E-state index in [-0.39, 0.29) is 0 Å². The van der Waals surface area contributed by atoms with Crippen molar-refractivity contribution in [3.05, 3.63) is 11.1 Å². The quantitative estimate of drug-likeness (QED) is 0.423. The largest absolute Gasteiger partial charge is 0.375 e. The van der Waals surface area contributed by atoms with Gasteiger partial charge in [0.2, 0.25) is 0 Å². The van der Waals surface area contributed by atoms with Crippen molar-refractivity contribution in [1.82, 2.24) is 4.98 Å². The maximum atomic E-state index is 5.39. The molecule has 1 aromatic heterocycles. The van der Waals surface area contributed by atoms with Crippen LogP contribution in [0.2, 0.25) is 0 Å². The van der Waals surface area contributed by atoms with Crippen LogP contribution in [0.3, 0.4) is 0 Å². The number of anilines is 1. The number of nitrogen functional groups attached to an aromatic ring is 1. The zero-order chi connectivity index (χ0) is 8.10. The van der Waals surface area contributed by atoms with Gasteiger partial charge in [-0.05, 0) is 6.92 Å². The van der Waals surface area contributed by atoms with Crippen molar-refractivity contribution in [2.75, 3.05) is 12.3 Å². The van der Waals surface area contributed by atoms with Gasteiger partial charge >= 0.3 is 0 Å². The van der Waals surface area contributed by atoms with Crippen molar-refractivity contribution in [2.24, 2.45) is 0 Å². The summed E-state index contributed by atoms with van der Waals surface area (Å²) in [5.74, 6) is 0. The molecule has 0 radical (unpaired) electrons. The minimum Gasteiger partial charge on any atom is -0.375 e. The second-order valence-electron chi connectivity index (χ2n) is 1.85. The van der Waals surface area contributed by atoms with E-state index in [9.17, 15) is 0 Å². The van der Waals surface area contributed by atoms with E-state index < -0.39 is 0 Å². The summed E-state index contributed by atoms with van der Waals surface area (Å²) in [4.78, 5) is 13.4. The van der Waals surface area contributed by atoms with Crippen molar-refractivity contribution >= 4 is 16.5 Å². The Morgan fingerprint density at radius 3 is 3.00 bits per heavy atom. The number of nitrogens with two attached hydrogens (primary N) is 1. The molecule has 0 bridgehead atoms. The summed E-state index contributed by atoms with van der Waals surface area (Å²) in [7, 11) is 0. The van der Waals surface area contributed by atoms with Crippen molar-refractivity contribution < 1.29 is 9.78 Å². The number of rotatable bonds is 4. The zero-order valence-electron chi connectivity index (χ0n) is 6.24. The molecule has 0 aromatic carbocycles. The lowest BCUT2D eigenvalue weighted by atomic mass is 10.5. The molecule has 0 fully saturated rings. The molecule has 0 atom stereocenters. The topological polar surface area (TPSA) is 57.4 Å². The number of hydrogen-bond donors (Lipinski definition) is 1. The van der Waals surface area contributed by atoms with E-state index in [1.807, 2.05) is 12.3 Å². The SMILES string of the molecule is CCOOCc1csc(N)n1. The third-order valence-corrected chi connectivity index (χ3v) is 1.70. The van der Waals surface area contributed by atoms with Gasteiger partial charge < -0.3 is 5.73 Å². The first-order valence-electron chi connectivity index (χ1n) is 3.27. The highest BCUT2D eigenvalue weighted by Gasteiger charge is 1.97. The number of nitrogens with zero attached hydrogens (tertiary/aromatic N) is 1. The minimum absolute atomic E-state index is 0.363. The third kappa shape index (κ3) is 2.83. The Kier molecular flexibility index (Phi) is 3.28. The van der Waals surface area contributed by atoms with E-state index in [1.54, 1.807) is 0 Å². The Hall–Kier alpha value is -0.650. The molecule has 2 N–H and O–H groups in total. The fourth-order valence-electron chi connectivity index (χ4n) is 0.574. The predicted molar refractivity (Wildman–Crippen MR) is 42.9 cm³/mol.